The minimum Gasteiger partial charge on any atom is -0.308 e. The highest BCUT2D eigenvalue weighted by Crippen LogP contribution is 2.35. The van der Waals surface area contributed by atoms with Gasteiger partial charge >= 0.3 is 0 Å². The summed E-state index contributed by atoms with van der Waals surface area (Å²) in [6.07, 6.45) is 9.68. The van der Waals surface area contributed by atoms with Crippen LogP contribution in [0.1, 0.15) is 68.4 Å². The molecule has 3 N–H and O–H groups in total. The highest BCUT2D eigenvalue weighted by Gasteiger charge is 2.25. The van der Waals surface area contributed by atoms with Crippen LogP contribution in [0.4, 0.5) is 5.82 Å². The maximum Gasteiger partial charge on any atom is 0.147 e. The summed E-state index contributed by atoms with van der Waals surface area (Å²) in [4.78, 5) is 9.57. The van der Waals surface area contributed by atoms with Gasteiger partial charge in [0.15, 0.2) is 0 Å². The van der Waals surface area contributed by atoms with Crippen molar-refractivity contribution in [2.24, 2.45) is 11.8 Å². The molecule has 0 bridgehead atoms. The van der Waals surface area contributed by atoms with Crippen LogP contribution in [0.5, 0.6) is 0 Å². The third-order valence-electron chi connectivity index (χ3n) is 4.72. The van der Waals surface area contributed by atoms with E-state index in [0.717, 1.165) is 30.4 Å². The molecule has 1 heterocycles. The van der Waals surface area contributed by atoms with Crippen molar-refractivity contribution in [2.75, 3.05) is 5.43 Å². The minimum atomic E-state index is 0.538. The first-order valence-corrected chi connectivity index (χ1v) is 7.64. The van der Waals surface area contributed by atoms with Crippen molar-refractivity contribution < 1.29 is 0 Å². The van der Waals surface area contributed by atoms with Crippen LogP contribution in [0.15, 0.2) is 0 Å². The summed E-state index contributed by atoms with van der Waals surface area (Å²) in [5, 5.41) is 0. The molecule has 0 atom stereocenters. The normalized spacial score (nSPS) is 26.8. The molecule has 2 aliphatic carbocycles. The van der Waals surface area contributed by atoms with E-state index in [0.29, 0.717) is 5.92 Å². The lowest BCUT2D eigenvalue weighted by molar-refractivity contribution is 0.339. The fourth-order valence-electron chi connectivity index (χ4n) is 3.43. The van der Waals surface area contributed by atoms with Crippen molar-refractivity contribution >= 4 is 5.82 Å². The van der Waals surface area contributed by atoms with Gasteiger partial charge in [0.1, 0.15) is 11.6 Å². The van der Waals surface area contributed by atoms with E-state index < -0.39 is 0 Å². The van der Waals surface area contributed by atoms with E-state index in [1.54, 1.807) is 0 Å². The van der Waals surface area contributed by atoms with Crippen molar-refractivity contribution in [1.29, 1.82) is 0 Å². The van der Waals surface area contributed by atoms with Gasteiger partial charge in [-0.1, -0.05) is 19.8 Å². The largest absolute Gasteiger partial charge is 0.308 e. The first-order valence-electron chi connectivity index (χ1n) is 7.64. The monoisotopic (exact) mass is 260 g/mol. The molecule has 0 unspecified atom stereocenters. The fraction of sp³-hybridized carbons (Fsp3) is 0.733. The number of aryl methyl sites for hydroxylation is 1. The van der Waals surface area contributed by atoms with Gasteiger partial charge in [0.05, 0.1) is 0 Å². The Morgan fingerprint density at radius 3 is 2.53 bits per heavy atom. The van der Waals surface area contributed by atoms with E-state index in [4.69, 9.17) is 15.8 Å². The number of aromatic nitrogens is 2. The van der Waals surface area contributed by atoms with Crippen molar-refractivity contribution in [3.63, 3.8) is 0 Å². The molecular formula is C15H24N4. The zero-order valence-corrected chi connectivity index (χ0v) is 11.8. The molecule has 0 amide bonds. The number of anilines is 1. The Morgan fingerprint density at radius 2 is 1.79 bits per heavy atom. The van der Waals surface area contributed by atoms with E-state index in [1.165, 1.54) is 49.8 Å². The lowest BCUT2D eigenvalue weighted by Crippen LogP contribution is -2.20. The van der Waals surface area contributed by atoms with E-state index in [-0.39, 0.29) is 0 Å². The molecule has 1 fully saturated rings. The van der Waals surface area contributed by atoms with Gasteiger partial charge in [0, 0.05) is 17.2 Å². The topological polar surface area (TPSA) is 63.8 Å². The average molecular weight is 260 g/mol. The number of hydrogen-bond acceptors (Lipinski definition) is 4. The molecule has 4 heteroatoms. The number of nitrogen functional groups attached to an aromatic ring is 1. The molecule has 1 saturated carbocycles. The Morgan fingerprint density at radius 1 is 1.05 bits per heavy atom. The SMILES string of the molecule is CC1CCC(c2nc3c(c(NN)n2)CCCC3)CC1. The molecule has 1 aromatic rings. The van der Waals surface area contributed by atoms with Gasteiger partial charge in [-0.3, -0.25) is 0 Å². The number of nitrogens with zero attached hydrogens (tertiary/aromatic N) is 2. The molecule has 1 aromatic heterocycles. The maximum atomic E-state index is 5.65. The number of hydrogen-bond donors (Lipinski definition) is 2. The van der Waals surface area contributed by atoms with Gasteiger partial charge in [0.25, 0.3) is 0 Å². The first kappa shape index (κ1) is 12.9. The summed E-state index contributed by atoms with van der Waals surface area (Å²) >= 11 is 0. The molecule has 0 aromatic carbocycles. The Hall–Kier alpha value is -1.16. The number of fused-ring (bicyclic) bond motifs is 1. The summed E-state index contributed by atoms with van der Waals surface area (Å²) in [6, 6.07) is 0. The molecule has 4 nitrogen and oxygen atoms in total. The quantitative estimate of drug-likeness (QED) is 0.634. The molecule has 19 heavy (non-hydrogen) atoms. The van der Waals surface area contributed by atoms with Gasteiger partial charge < -0.3 is 5.43 Å². The molecule has 104 valence electrons. The smallest absolute Gasteiger partial charge is 0.147 e. The van der Waals surface area contributed by atoms with Crippen molar-refractivity contribution in [2.45, 2.75) is 64.2 Å². The second-order valence-corrected chi connectivity index (χ2v) is 6.16. The van der Waals surface area contributed by atoms with E-state index in [9.17, 15) is 0 Å². The number of hydrazine groups is 1. The van der Waals surface area contributed by atoms with Crippen LogP contribution in [0.25, 0.3) is 0 Å². The zero-order chi connectivity index (χ0) is 13.2. The first-order chi connectivity index (χ1) is 9.28. The summed E-state index contributed by atoms with van der Waals surface area (Å²) < 4.78 is 0. The second kappa shape index (κ2) is 5.45. The summed E-state index contributed by atoms with van der Waals surface area (Å²) in [7, 11) is 0. The summed E-state index contributed by atoms with van der Waals surface area (Å²) in [5.41, 5.74) is 5.28. The van der Waals surface area contributed by atoms with Gasteiger partial charge in [-0.15, -0.1) is 0 Å². The highest BCUT2D eigenvalue weighted by molar-refractivity contribution is 5.47. The summed E-state index contributed by atoms with van der Waals surface area (Å²) in [6.45, 7) is 2.34. The van der Waals surface area contributed by atoms with Crippen molar-refractivity contribution in [3.8, 4) is 0 Å². The van der Waals surface area contributed by atoms with Crippen LogP contribution in [0, 0.1) is 5.92 Å². The molecule has 0 spiro atoms. The molecule has 0 saturated heterocycles. The van der Waals surface area contributed by atoms with Crippen LogP contribution in [-0.2, 0) is 12.8 Å². The van der Waals surface area contributed by atoms with Gasteiger partial charge in [-0.25, -0.2) is 15.8 Å². The predicted octanol–water partition coefficient (Wildman–Crippen LogP) is 2.93. The molecule has 0 radical (unpaired) electrons. The zero-order valence-electron chi connectivity index (χ0n) is 11.8. The predicted molar refractivity (Wildman–Crippen MR) is 76.9 cm³/mol. The molecule has 0 aliphatic heterocycles. The van der Waals surface area contributed by atoms with Gasteiger partial charge in [-0.05, 0) is 44.4 Å². The van der Waals surface area contributed by atoms with Crippen molar-refractivity contribution in [3.05, 3.63) is 17.1 Å². The minimum absolute atomic E-state index is 0.538. The third-order valence-corrected chi connectivity index (χ3v) is 4.72. The third kappa shape index (κ3) is 2.59. The van der Waals surface area contributed by atoms with Crippen LogP contribution in [0.2, 0.25) is 0 Å². The Kier molecular flexibility index (Phi) is 3.69. The van der Waals surface area contributed by atoms with Crippen LogP contribution in [0.3, 0.4) is 0 Å². The molecule has 3 rings (SSSR count). The van der Waals surface area contributed by atoms with E-state index in [2.05, 4.69) is 12.3 Å². The summed E-state index contributed by atoms with van der Waals surface area (Å²) in [5.74, 6) is 8.96. The fourth-order valence-corrected chi connectivity index (χ4v) is 3.43. The standard InChI is InChI=1S/C15H24N4/c1-10-6-8-11(9-7-10)14-17-13-5-3-2-4-12(13)15(18-14)19-16/h10-11H,2-9,16H2,1H3,(H,17,18,19). The average Bonchev–Trinajstić information content (AvgIpc) is 2.47. The number of rotatable bonds is 2. The lowest BCUT2D eigenvalue weighted by Gasteiger charge is -2.27. The molecule has 2 aliphatic rings. The van der Waals surface area contributed by atoms with E-state index in [1.807, 2.05) is 0 Å². The Bertz CT molecular complexity index is 432. The van der Waals surface area contributed by atoms with Gasteiger partial charge in [0.2, 0.25) is 0 Å². The number of nitrogens with two attached hydrogens (primary N) is 1. The maximum absolute atomic E-state index is 5.65. The van der Waals surface area contributed by atoms with Crippen LogP contribution >= 0.6 is 0 Å². The Balaban J connectivity index is 1.89. The highest BCUT2D eigenvalue weighted by atomic mass is 15.3. The van der Waals surface area contributed by atoms with E-state index >= 15 is 0 Å². The van der Waals surface area contributed by atoms with Crippen LogP contribution < -0.4 is 11.3 Å². The van der Waals surface area contributed by atoms with Crippen LogP contribution in [-0.4, -0.2) is 9.97 Å². The number of nitrogens with one attached hydrogen (secondary N) is 1. The van der Waals surface area contributed by atoms with Crippen molar-refractivity contribution in [1.82, 2.24) is 9.97 Å². The second-order valence-electron chi connectivity index (χ2n) is 6.16. The Labute approximate surface area is 115 Å². The lowest BCUT2D eigenvalue weighted by atomic mass is 9.82. The van der Waals surface area contributed by atoms with Gasteiger partial charge in [-0.2, -0.15) is 0 Å². The molecular weight excluding hydrogens is 236 g/mol.